The zero-order valence-corrected chi connectivity index (χ0v) is 13.6. The molecule has 2 aromatic rings. The number of nitrogens with one attached hydrogen (secondary N) is 1. The summed E-state index contributed by atoms with van der Waals surface area (Å²) in [5.74, 6) is 1.50. The minimum atomic E-state index is -0.213. The predicted molar refractivity (Wildman–Crippen MR) is 91.5 cm³/mol. The maximum absolute atomic E-state index is 14.0. The molecule has 5 nitrogen and oxygen atoms in total. The molecular weight excluding hydrogens is 293 g/mol. The number of anilines is 3. The number of rotatable bonds is 5. The SMILES string of the molecule is CN(C)c1ccc(CNc2cc(N3CCCC3)ncn2)cc1F. The van der Waals surface area contributed by atoms with Crippen LogP contribution in [0.15, 0.2) is 30.6 Å². The van der Waals surface area contributed by atoms with Crippen molar-refractivity contribution in [2.75, 3.05) is 42.3 Å². The Bertz CT molecular complexity index is 668. The largest absolute Gasteiger partial charge is 0.375 e. The lowest BCUT2D eigenvalue weighted by Crippen LogP contribution is -2.19. The fourth-order valence-corrected chi connectivity index (χ4v) is 2.78. The summed E-state index contributed by atoms with van der Waals surface area (Å²) in [5.41, 5.74) is 1.47. The monoisotopic (exact) mass is 315 g/mol. The molecule has 1 fully saturated rings. The van der Waals surface area contributed by atoms with Gasteiger partial charge in [0.05, 0.1) is 5.69 Å². The van der Waals surface area contributed by atoms with Crippen LogP contribution in [-0.4, -0.2) is 37.2 Å². The molecule has 3 rings (SSSR count). The van der Waals surface area contributed by atoms with Gasteiger partial charge in [-0.2, -0.15) is 0 Å². The number of hydrogen-bond donors (Lipinski definition) is 1. The summed E-state index contributed by atoms with van der Waals surface area (Å²) in [6.07, 6.45) is 4.00. The van der Waals surface area contributed by atoms with Crippen molar-refractivity contribution in [3.63, 3.8) is 0 Å². The molecule has 0 radical (unpaired) electrons. The summed E-state index contributed by atoms with van der Waals surface area (Å²) in [7, 11) is 3.66. The molecule has 0 atom stereocenters. The van der Waals surface area contributed by atoms with Gasteiger partial charge in [0, 0.05) is 39.8 Å². The predicted octanol–water partition coefficient (Wildman–Crippen LogP) is 2.89. The van der Waals surface area contributed by atoms with E-state index in [9.17, 15) is 4.39 Å². The van der Waals surface area contributed by atoms with Gasteiger partial charge in [-0.25, -0.2) is 14.4 Å². The first-order chi connectivity index (χ1) is 11.1. The minimum absolute atomic E-state index is 0.213. The van der Waals surface area contributed by atoms with E-state index < -0.39 is 0 Å². The average molecular weight is 315 g/mol. The molecule has 0 saturated carbocycles. The lowest BCUT2D eigenvalue weighted by Gasteiger charge is -2.17. The summed E-state index contributed by atoms with van der Waals surface area (Å²) in [6.45, 7) is 2.63. The van der Waals surface area contributed by atoms with Crippen LogP contribution in [0.1, 0.15) is 18.4 Å². The van der Waals surface area contributed by atoms with Gasteiger partial charge in [-0.1, -0.05) is 6.07 Å². The number of benzene rings is 1. The van der Waals surface area contributed by atoms with E-state index in [1.54, 1.807) is 23.4 Å². The molecule has 1 aliphatic heterocycles. The molecule has 2 heterocycles. The molecule has 6 heteroatoms. The van der Waals surface area contributed by atoms with Gasteiger partial charge in [0.15, 0.2) is 0 Å². The third kappa shape index (κ3) is 3.70. The molecule has 1 aliphatic rings. The Morgan fingerprint density at radius 2 is 1.96 bits per heavy atom. The van der Waals surface area contributed by atoms with Crippen LogP contribution in [-0.2, 0) is 6.54 Å². The highest BCUT2D eigenvalue weighted by Crippen LogP contribution is 2.21. The van der Waals surface area contributed by atoms with Crippen molar-refractivity contribution in [3.05, 3.63) is 42.0 Å². The summed E-state index contributed by atoms with van der Waals surface area (Å²) in [4.78, 5) is 12.6. The first-order valence-corrected chi connectivity index (χ1v) is 7.90. The van der Waals surface area contributed by atoms with Crippen LogP contribution in [0.25, 0.3) is 0 Å². The topological polar surface area (TPSA) is 44.3 Å². The molecule has 1 N–H and O–H groups in total. The van der Waals surface area contributed by atoms with Gasteiger partial charge in [0.1, 0.15) is 23.8 Å². The second kappa shape index (κ2) is 6.81. The Kier molecular flexibility index (Phi) is 4.60. The molecule has 1 saturated heterocycles. The molecule has 122 valence electrons. The molecule has 1 aromatic heterocycles. The maximum atomic E-state index is 14.0. The quantitative estimate of drug-likeness (QED) is 0.919. The summed E-state index contributed by atoms with van der Waals surface area (Å²) in [5, 5.41) is 3.24. The van der Waals surface area contributed by atoms with Crippen LogP contribution in [0, 0.1) is 5.82 Å². The molecule has 1 aromatic carbocycles. The van der Waals surface area contributed by atoms with Crippen molar-refractivity contribution in [1.82, 2.24) is 9.97 Å². The fraction of sp³-hybridized carbons (Fsp3) is 0.412. The molecule has 0 amide bonds. The van der Waals surface area contributed by atoms with E-state index in [1.165, 1.54) is 12.8 Å². The van der Waals surface area contributed by atoms with Gasteiger partial charge < -0.3 is 15.1 Å². The van der Waals surface area contributed by atoms with Crippen LogP contribution in [0.5, 0.6) is 0 Å². The fourth-order valence-electron chi connectivity index (χ4n) is 2.78. The van der Waals surface area contributed by atoms with Gasteiger partial charge in [-0.15, -0.1) is 0 Å². The average Bonchev–Trinajstić information content (AvgIpc) is 3.07. The Hall–Kier alpha value is -2.37. The molecule has 0 bridgehead atoms. The third-order valence-electron chi connectivity index (χ3n) is 4.05. The van der Waals surface area contributed by atoms with E-state index in [1.807, 2.05) is 26.2 Å². The van der Waals surface area contributed by atoms with Crippen LogP contribution in [0.3, 0.4) is 0 Å². The first-order valence-electron chi connectivity index (χ1n) is 7.90. The highest BCUT2D eigenvalue weighted by atomic mass is 19.1. The van der Waals surface area contributed by atoms with Crippen molar-refractivity contribution in [1.29, 1.82) is 0 Å². The van der Waals surface area contributed by atoms with Crippen molar-refractivity contribution in [2.24, 2.45) is 0 Å². The number of aromatic nitrogens is 2. The second-order valence-corrected chi connectivity index (χ2v) is 5.99. The van der Waals surface area contributed by atoms with Crippen LogP contribution >= 0.6 is 0 Å². The Labute approximate surface area is 136 Å². The summed E-state index contributed by atoms with van der Waals surface area (Å²) < 4.78 is 14.0. The number of halogens is 1. The lowest BCUT2D eigenvalue weighted by molar-refractivity contribution is 0.624. The van der Waals surface area contributed by atoms with Crippen molar-refractivity contribution in [3.8, 4) is 0 Å². The standard InChI is InChI=1S/C17H22FN5/c1-22(2)15-6-5-13(9-14(15)18)11-19-16-10-17(21-12-20-16)23-7-3-4-8-23/h5-6,9-10,12H,3-4,7-8,11H2,1-2H3,(H,19,20,21). The zero-order chi connectivity index (χ0) is 16.2. The van der Waals surface area contributed by atoms with Gasteiger partial charge in [0.25, 0.3) is 0 Å². The number of hydrogen-bond acceptors (Lipinski definition) is 5. The van der Waals surface area contributed by atoms with Crippen LogP contribution in [0.4, 0.5) is 21.7 Å². The van der Waals surface area contributed by atoms with E-state index in [0.29, 0.717) is 12.2 Å². The zero-order valence-electron chi connectivity index (χ0n) is 13.6. The molecule has 0 aliphatic carbocycles. The molecule has 0 spiro atoms. The van der Waals surface area contributed by atoms with Crippen molar-refractivity contribution < 1.29 is 4.39 Å². The van der Waals surface area contributed by atoms with Crippen LogP contribution < -0.4 is 15.1 Å². The summed E-state index contributed by atoms with van der Waals surface area (Å²) in [6, 6.07) is 7.23. The van der Waals surface area contributed by atoms with Crippen molar-refractivity contribution >= 4 is 17.3 Å². The third-order valence-corrected chi connectivity index (χ3v) is 4.05. The van der Waals surface area contributed by atoms with Gasteiger partial charge in [0.2, 0.25) is 0 Å². The minimum Gasteiger partial charge on any atom is -0.375 e. The van der Waals surface area contributed by atoms with Gasteiger partial charge in [-0.05, 0) is 30.5 Å². The van der Waals surface area contributed by atoms with E-state index in [-0.39, 0.29) is 5.82 Å². The maximum Gasteiger partial charge on any atom is 0.146 e. The smallest absolute Gasteiger partial charge is 0.146 e. The van der Waals surface area contributed by atoms with E-state index in [4.69, 9.17) is 0 Å². The van der Waals surface area contributed by atoms with Gasteiger partial charge in [-0.3, -0.25) is 0 Å². The lowest BCUT2D eigenvalue weighted by atomic mass is 10.2. The van der Waals surface area contributed by atoms with Crippen molar-refractivity contribution in [2.45, 2.75) is 19.4 Å². The Morgan fingerprint density at radius 1 is 1.17 bits per heavy atom. The highest BCUT2D eigenvalue weighted by molar-refractivity contribution is 5.50. The normalized spacial score (nSPS) is 14.1. The molecule has 0 unspecified atom stereocenters. The Morgan fingerprint density at radius 3 is 2.65 bits per heavy atom. The second-order valence-electron chi connectivity index (χ2n) is 5.99. The summed E-state index contributed by atoms with van der Waals surface area (Å²) >= 11 is 0. The molecular formula is C17H22FN5. The van der Waals surface area contributed by atoms with E-state index in [0.717, 1.165) is 30.3 Å². The number of nitrogens with zero attached hydrogens (tertiary/aromatic N) is 4. The van der Waals surface area contributed by atoms with Crippen LogP contribution in [0.2, 0.25) is 0 Å². The highest BCUT2D eigenvalue weighted by Gasteiger charge is 2.14. The first kappa shape index (κ1) is 15.5. The molecule has 23 heavy (non-hydrogen) atoms. The van der Waals surface area contributed by atoms with E-state index in [2.05, 4.69) is 20.2 Å². The Balaban J connectivity index is 1.66. The van der Waals surface area contributed by atoms with E-state index >= 15 is 0 Å². The van der Waals surface area contributed by atoms with Gasteiger partial charge >= 0.3 is 0 Å².